The first kappa shape index (κ1) is 12.6. The standard InChI is InChI=1S/C12H12ClN3O2/c13-8-3-1-2-7(4-8)9-5-18-6-10(9)11(17)16-12(14)15/h1-4H,5-6H2,(H4,14,15,16,17). The molecule has 1 amide bonds. The Morgan fingerprint density at radius 2 is 2.11 bits per heavy atom. The number of nitrogens with two attached hydrogens (primary N) is 2. The summed E-state index contributed by atoms with van der Waals surface area (Å²) in [5.74, 6) is -0.729. The molecule has 0 fully saturated rings. The van der Waals surface area contributed by atoms with Crippen molar-refractivity contribution in [3.63, 3.8) is 0 Å². The van der Waals surface area contributed by atoms with E-state index >= 15 is 0 Å². The van der Waals surface area contributed by atoms with Gasteiger partial charge in [-0.05, 0) is 23.3 Å². The van der Waals surface area contributed by atoms with Gasteiger partial charge >= 0.3 is 0 Å². The average Bonchev–Trinajstić information content (AvgIpc) is 2.76. The van der Waals surface area contributed by atoms with Gasteiger partial charge in [0.15, 0.2) is 5.96 Å². The molecule has 18 heavy (non-hydrogen) atoms. The van der Waals surface area contributed by atoms with Gasteiger partial charge in [0.25, 0.3) is 5.91 Å². The number of amides is 1. The van der Waals surface area contributed by atoms with E-state index < -0.39 is 5.91 Å². The Hall–Kier alpha value is -1.85. The molecule has 2 rings (SSSR count). The second-order valence-electron chi connectivity index (χ2n) is 3.80. The van der Waals surface area contributed by atoms with Crippen molar-refractivity contribution >= 4 is 29.0 Å². The lowest BCUT2D eigenvalue weighted by molar-refractivity contribution is -0.114. The predicted octanol–water partition coefficient (Wildman–Crippen LogP) is 0.924. The molecule has 0 aromatic heterocycles. The average molecular weight is 266 g/mol. The van der Waals surface area contributed by atoms with Crippen LogP contribution in [0, 0.1) is 0 Å². The Morgan fingerprint density at radius 3 is 2.78 bits per heavy atom. The highest BCUT2D eigenvalue weighted by molar-refractivity contribution is 6.30. The van der Waals surface area contributed by atoms with Crippen molar-refractivity contribution in [2.75, 3.05) is 13.2 Å². The Morgan fingerprint density at radius 1 is 1.33 bits per heavy atom. The van der Waals surface area contributed by atoms with Gasteiger partial charge in [0, 0.05) is 5.02 Å². The van der Waals surface area contributed by atoms with Gasteiger partial charge in [-0.25, -0.2) is 0 Å². The molecular weight excluding hydrogens is 254 g/mol. The summed E-state index contributed by atoms with van der Waals surface area (Å²) in [5.41, 5.74) is 12.5. The molecule has 1 aromatic carbocycles. The highest BCUT2D eigenvalue weighted by Gasteiger charge is 2.22. The lowest BCUT2D eigenvalue weighted by Crippen LogP contribution is -2.24. The number of benzene rings is 1. The van der Waals surface area contributed by atoms with Crippen molar-refractivity contribution in [3.8, 4) is 0 Å². The highest BCUT2D eigenvalue weighted by Crippen LogP contribution is 2.27. The molecule has 0 aliphatic carbocycles. The summed E-state index contributed by atoms with van der Waals surface area (Å²) >= 11 is 5.92. The van der Waals surface area contributed by atoms with Crippen molar-refractivity contribution in [1.82, 2.24) is 0 Å². The van der Waals surface area contributed by atoms with Gasteiger partial charge in [-0.15, -0.1) is 0 Å². The maximum Gasteiger partial charge on any atom is 0.278 e. The third-order valence-corrected chi connectivity index (χ3v) is 2.75. The van der Waals surface area contributed by atoms with Gasteiger partial charge in [0.1, 0.15) is 0 Å². The lowest BCUT2D eigenvalue weighted by Gasteiger charge is -2.04. The molecule has 0 bridgehead atoms. The maximum atomic E-state index is 11.8. The fourth-order valence-corrected chi connectivity index (χ4v) is 1.93. The van der Waals surface area contributed by atoms with Gasteiger partial charge in [-0.1, -0.05) is 23.7 Å². The van der Waals surface area contributed by atoms with Crippen LogP contribution in [-0.2, 0) is 9.53 Å². The van der Waals surface area contributed by atoms with E-state index in [0.29, 0.717) is 17.2 Å². The summed E-state index contributed by atoms with van der Waals surface area (Å²) in [5, 5.41) is 0.598. The normalized spacial score (nSPS) is 14.7. The number of rotatable bonds is 2. The fraction of sp³-hybridized carbons (Fsp3) is 0.167. The number of guanidine groups is 1. The van der Waals surface area contributed by atoms with E-state index in [2.05, 4.69) is 4.99 Å². The largest absolute Gasteiger partial charge is 0.372 e. The molecule has 0 unspecified atom stereocenters. The van der Waals surface area contributed by atoms with Gasteiger partial charge in [-0.2, -0.15) is 4.99 Å². The van der Waals surface area contributed by atoms with Crippen molar-refractivity contribution in [2.45, 2.75) is 0 Å². The van der Waals surface area contributed by atoms with Crippen molar-refractivity contribution < 1.29 is 9.53 Å². The molecule has 5 nitrogen and oxygen atoms in total. The van der Waals surface area contributed by atoms with Crippen LogP contribution < -0.4 is 11.5 Å². The van der Waals surface area contributed by atoms with E-state index in [9.17, 15) is 4.79 Å². The Kier molecular flexibility index (Phi) is 3.64. The van der Waals surface area contributed by atoms with Crippen molar-refractivity contribution in [3.05, 3.63) is 40.4 Å². The number of carbonyl (C=O) groups is 1. The summed E-state index contributed by atoms with van der Waals surface area (Å²) in [7, 11) is 0. The van der Waals surface area contributed by atoms with Crippen LogP contribution >= 0.6 is 11.6 Å². The predicted molar refractivity (Wildman–Crippen MR) is 70.0 cm³/mol. The smallest absolute Gasteiger partial charge is 0.278 e. The summed E-state index contributed by atoms with van der Waals surface area (Å²) in [6, 6.07) is 7.21. The molecule has 0 saturated carbocycles. The third-order valence-electron chi connectivity index (χ3n) is 2.52. The fourth-order valence-electron chi connectivity index (χ4n) is 1.74. The minimum absolute atomic E-state index is 0.206. The van der Waals surface area contributed by atoms with Crippen LogP contribution in [0.4, 0.5) is 0 Å². The molecule has 94 valence electrons. The van der Waals surface area contributed by atoms with Gasteiger partial charge in [0.05, 0.1) is 18.8 Å². The molecule has 6 heteroatoms. The topological polar surface area (TPSA) is 90.7 Å². The van der Waals surface area contributed by atoms with Crippen LogP contribution in [0.1, 0.15) is 5.56 Å². The number of hydrogen-bond donors (Lipinski definition) is 2. The monoisotopic (exact) mass is 265 g/mol. The van der Waals surface area contributed by atoms with Crippen molar-refractivity contribution in [1.29, 1.82) is 0 Å². The molecule has 4 N–H and O–H groups in total. The van der Waals surface area contributed by atoms with E-state index in [1.807, 2.05) is 12.1 Å². The number of ether oxygens (including phenoxy) is 1. The quantitative estimate of drug-likeness (QED) is 0.615. The molecule has 0 spiro atoms. The number of aliphatic imine (C=N–C) groups is 1. The minimum atomic E-state index is -0.470. The number of halogens is 1. The zero-order valence-corrected chi connectivity index (χ0v) is 10.3. The Balaban J connectivity index is 2.41. The molecule has 1 aromatic rings. The number of nitrogens with zero attached hydrogens (tertiary/aromatic N) is 1. The van der Waals surface area contributed by atoms with E-state index in [1.165, 1.54) is 0 Å². The molecule has 1 aliphatic heterocycles. The number of carbonyl (C=O) groups excluding carboxylic acids is 1. The summed E-state index contributed by atoms with van der Waals surface area (Å²) in [6.07, 6.45) is 0. The van der Waals surface area contributed by atoms with Gasteiger partial charge in [-0.3, -0.25) is 4.79 Å². The Bertz CT molecular complexity index is 548. The molecular formula is C12H12ClN3O2. The van der Waals surface area contributed by atoms with Gasteiger partial charge < -0.3 is 16.2 Å². The van der Waals surface area contributed by atoms with E-state index in [-0.39, 0.29) is 12.6 Å². The summed E-state index contributed by atoms with van der Waals surface area (Å²) in [4.78, 5) is 15.3. The molecule has 0 radical (unpaired) electrons. The van der Waals surface area contributed by atoms with Crippen LogP contribution in [0.15, 0.2) is 34.8 Å². The van der Waals surface area contributed by atoms with Crippen LogP contribution in [0.2, 0.25) is 5.02 Å². The second kappa shape index (κ2) is 5.20. The molecule has 0 atom stereocenters. The zero-order chi connectivity index (χ0) is 13.1. The van der Waals surface area contributed by atoms with E-state index in [0.717, 1.165) is 11.1 Å². The number of hydrogen-bond acceptors (Lipinski definition) is 2. The van der Waals surface area contributed by atoms with E-state index in [1.54, 1.807) is 12.1 Å². The maximum absolute atomic E-state index is 11.8. The van der Waals surface area contributed by atoms with Crippen molar-refractivity contribution in [2.24, 2.45) is 16.5 Å². The van der Waals surface area contributed by atoms with Crippen LogP contribution in [0.3, 0.4) is 0 Å². The molecule has 0 saturated heterocycles. The summed E-state index contributed by atoms with van der Waals surface area (Å²) < 4.78 is 5.28. The zero-order valence-electron chi connectivity index (χ0n) is 9.52. The van der Waals surface area contributed by atoms with Crippen LogP contribution in [0.5, 0.6) is 0 Å². The van der Waals surface area contributed by atoms with Crippen LogP contribution in [0.25, 0.3) is 5.57 Å². The lowest BCUT2D eigenvalue weighted by atomic mass is 10.0. The molecule has 1 aliphatic rings. The first-order valence-corrected chi connectivity index (χ1v) is 5.65. The third kappa shape index (κ3) is 2.69. The minimum Gasteiger partial charge on any atom is -0.372 e. The summed E-state index contributed by atoms with van der Waals surface area (Å²) in [6.45, 7) is 0.554. The highest BCUT2D eigenvalue weighted by atomic mass is 35.5. The SMILES string of the molecule is NC(N)=NC(=O)C1=C(c2cccc(Cl)c2)COC1. The second-order valence-corrected chi connectivity index (χ2v) is 4.24. The first-order valence-electron chi connectivity index (χ1n) is 5.27. The first-order chi connectivity index (χ1) is 8.58. The van der Waals surface area contributed by atoms with E-state index in [4.69, 9.17) is 27.8 Å². The van der Waals surface area contributed by atoms with Crippen LogP contribution in [-0.4, -0.2) is 25.1 Å². The Labute approximate surface area is 109 Å². The van der Waals surface area contributed by atoms with Gasteiger partial charge in [0.2, 0.25) is 0 Å². The molecule has 1 heterocycles.